The molecule has 0 heterocycles. The van der Waals surface area contributed by atoms with Gasteiger partial charge in [0.1, 0.15) is 0 Å². The summed E-state index contributed by atoms with van der Waals surface area (Å²) in [6.45, 7) is 10.9. The minimum Gasteiger partial charge on any atom is -0.313 e. The molecule has 0 aliphatic heterocycles. The van der Waals surface area contributed by atoms with Crippen LogP contribution in [0.2, 0.25) is 0 Å². The normalized spacial score (nSPS) is 11.6. The number of hydrogen-bond acceptors (Lipinski definition) is 1. The molecule has 0 aliphatic rings. The van der Waals surface area contributed by atoms with Crippen molar-refractivity contribution in [3.8, 4) is 0 Å². The molecule has 0 unspecified atom stereocenters. The molecule has 0 aromatic heterocycles. The second kappa shape index (κ2) is 9.97. The van der Waals surface area contributed by atoms with Crippen LogP contribution in [0.15, 0.2) is 23.3 Å². The van der Waals surface area contributed by atoms with Gasteiger partial charge in [0.05, 0.1) is 0 Å². The number of allylic oxidation sites excluding steroid dienone is 3. The van der Waals surface area contributed by atoms with Crippen LogP contribution >= 0.6 is 0 Å². The van der Waals surface area contributed by atoms with Gasteiger partial charge in [-0.05, 0) is 46.6 Å². The summed E-state index contributed by atoms with van der Waals surface area (Å²) in [5.74, 6) is 0. The van der Waals surface area contributed by atoms with Crippen molar-refractivity contribution in [3.63, 3.8) is 0 Å². The van der Waals surface area contributed by atoms with Crippen LogP contribution in [0.1, 0.15) is 53.4 Å². The van der Waals surface area contributed by atoms with Crippen LogP contribution in [0.3, 0.4) is 0 Å². The first kappa shape index (κ1) is 14.4. The molecular weight excluding hydrogens is 182 g/mol. The molecule has 0 spiro atoms. The monoisotopic (exact) mass is 209 g/mol. The fourth-order valence-corrected chi connectivity index (χ4v) is 1.34. The van der Waals surface area contributed by atoms with E-state index in [0.29, 0.717) is 0 Å². The molecule has 0 aromatic rings. The summed E-state index contributed by atoms with van der Waals surface area (Å²) < 4.78 is 0. The zero-order valence-electron chi connectivity index (χ0n) is 10.9. The molecule has 0 saturated carbocycles. The SMILES string of the molecule is CCCCNCC=C(C)CCC=C(C)C. The number of rotatable bonds is 8. The Morgan fingerprint density at radius 1 is 1.13 bits per heavy atom. The first-order valence-electron chi connectivity index (χ1n) is 6.16. The summed E-state index contributed by atoms with van der Waals surface area (Å²) in [6, 6.07) is 0. The standard InChI is InChI=1S/C14H27N/c1-5-6-11-15-12-10-14(4)9-7-8-13(2)3/h8,10,15H,5-7,9,11-12H2,1-4H3. The van der Waals surface area contributed by atoms with Crippen molar-refractivity contribution < 1.29 is 0 Å². The second-order valence-electron chi connectivity index (χ2n) is 4.43. The van der Waals surface area contributed by atoms with E-state index in [2.05, 4.69) is 45.2 Å². The third kappa shape index (κ3) is 11.4. The Balaban J connectivity index is 3.48. The van der Waals surface area contributed by atoms with E-state index < -0.39 is 0 Å². The summed E-state index contributed by atoms with van der Waals surface area (Å²) in [5.41, 5.74) is 2.92. The third-order valence-corrected chi connectivity index (χ3v) is 2.39. The van der Waals surface area contributed by atoms with Crippen molar-refractivity contribution in [3.05, 3.63) is 23.3 Å². The summed E-state index contributed by atoms with van der Waals surface area (Å²) in [5, 5.41) is 3.42. The minimum atomic E-state index is 1.03. The lowest BCUT2D eigenvalue weighted by Crippen LogP contribution is -2.14. The van der Waals surface area contributed by atoms with Crippen molar-refractivity contribution in [2.75, 3.05) is 13.1 Å². The predicted octanol–water partition coefficient (Wildman–Crippen LogP) is 4.07. The molecule has 0 bridgehead atoms. The Hall–Kier alpha value is -0.560. The fourth-order valence-electron chi connectivity index (χ4n) is 1.34. The van der Waals surface area contributed by atoms with E-state index in [-0.39, 0.29) is 0 Å². The van der Waals surface area contributed by atoms with Crippen molar-refractivity contribution in [1.82, 2.24) is 5.32 Å². The minimum absolute atomic E-state index is 1.03. The van der Waals surface area contributed by atoms with E-state index in [1.54, 1.807) is 0 Å². The fraction of sp³-hybridized carbons (Fsp3) is 0.714. The summed E-state index contributed by atoms with van der Waals surface area (Å²) >= 11 is 0. The summed E-state index contributed by atoms with van der Waals surface area (Å²) in [7, 11) is 0. The molecule has 0 aliphatic carbocycles. The van der Waals surface area contributed by atoms with Crippen molar-refractivity contribution in [2.24, 2.45) is 0 Å². The Bertz CT molecular complexity index is 197. The van der Waals surface area contributed by atoms with E-state index in [9.17, 15) is 0 Å². The molecule has 0 rings (SSSR count). The van der Waals surface area contributed by atoms with Crippen LogP contribution in [0.25, 0.3) is 0 Å². The maximum atomic E-state index is 3.42. The number of nitrogens with one attached hydrogen (secondary N) is 1. The lowest BCUT2D eigenvalue weighted by molar-refractivity contribution is 0.679. The van der Waals surface area contributed by atoms with Crippen LogP contribution in [-0.2, 0) is 0 Å². The van der Waals surface area contributed by atoms with Gasteiger partial charge in [-0.15, -0.1) is 0 Å². The molecule has 1 nitrogen and oxygen atoms in total. The van der Waals surface area contributed by atoms with E-state index in [4.69, 9.17) is 0 Å². The van der Waals surface area contributed by atoms with Crippen molar-refractivity contribution in [1.29, 1.82) is 0 Å². The van der Waals surface area contributed by atoms with Gasteiger partial charge < -0.3 is 5.32 Å². The Morgan fingerprint density at radius 2 is 1.87 bits per heavy atom. The second-order valence-corrected chi connectivity index (χ2v) is 4.43. The lowest BCUT2D eigenvalue weighted by atomic mass is 10.1. The quantitative estimate of drug-likeness (QED) is 0.469. The zero-order chi connectivity index (χ0) is 11.5. The highest BCUT2D eigenvalue weighted by Crippen LogP contribution is 2.05. The van der Waals surface area contributed by atoms with Crippen molar-refractivity contribution in [2.45, 2.75) is 53.4 Å². The molecule has 1 heteroatoms. The molecule has 0 amide bonds. The van der Waals surface area contributed by atoms with Crippen LogP contribution in [-0.4, -0.2) is 13.1 Å². The maximum Gasteiger partial charge on any atom is 0.0137 e. The van der Waals surface area contributed by atoms with E-state index in [1.807, 2.05) is 0 Å². The van der Waals surface area contributed by atoms with Crippen LogP contribution < -0.4 is 5.32 Å². The third-order valence-electron chi connectivity index (χ3n) is 2.39. The Labute approximate surface area is 95.7 Å². The molecule has 0 atom stereocenters. The molecule has 0 saturated heterocycles. The Kier molecular flexibility index (Phi) is 9.60. The maximum absolute atomic E-state index is 3.42. The summed E-state index contributed by atoms with van der Waals surface area (Å²) in [4.78, 5) is 0. The molecule has 0 fully saturated rings. The first-order chi connectivity index (χ1) is 7.16. The first-order valence-corrected chi connectivity index (χ1v) is 6.16. The van der Waals surface area contributed by atoms with Gasteiger partial charge in [-0.25, -0.2) is 0 Å². The van der Waals surface area contributed by atoms with Gasteiger partial charge in [-0.1, -0.05) is 36.6 Å². The molecule has 15 heavy (non-hydrogen) atoms. The summed E-state index contributed by atoms with van der Waals surface area (Å²) in [6.07, 6.45) is 9.55. The largest absolute Gasteiger partial charge is 0.313 e. The average molecular weight is 209 g/mol. The predicted molar refractivity (Wildman–Crippen MR) is 70.2 cm³/mol. The average Bonchev–Trinajstić information content (AvgIpc) is 2.17. The topological polar surface area (TPSA) is 12.0 Å². The van der Waals surface area contributed by atoms with E-state index >= 15 is 0 Å². The smallest absolute Gasteiger partial charge is 0.0137 e. The van der Waals surface area contributed by atoms with Crippen molar-refractivity contribution >= 4 is 0 Å². The molecular formula is C14H27N. The highest BCUT2D eigenvalue weighted by atomic mass is 14.8. The van der Waals surface area contributed by atoms with Gasteiger partial charge in [0.15, 0.2) is 0 Å². The Morgan fingerprint density at radius 3 is 2.47 bits per heavy atom. The van der Waals surface area contributed by atoms with Gasteiger partial charge >= 0.3 is 0 Å². The van der Waals surface area contributed by atoms with Gasteiger partial charge in [0, 0.05) is 6.54 Å². The highest BCUT2D eigenvalue weighted by molar-refractivity contribution is 5.02. The van der Waals surface area contributed by atoms with E-state index in [1.165, 1.54) is 36.8 Å². The highest BCUT2D eigenvalue weighted by Gasteiger charge is 1.89. The number of hydrogen-bond donors (Lipinski definition) is 1. The van der Waals surface area contributed by atoms with Crippen LogP contribution in [0.4, 0.5) is 0 Å². The lowest BCUT2D eigenvalue weighted by Gasteiger charge is -2.01. The molecule has 1 N–H and O–H groups in total. The van der Waals surface area contributed by atoms with Crippen LogP contribution in [0, 0.1) is 0 Å². The van der Waals surface area contributed by atoms with Gasteiger partial charge in [0.2, 0.25) is 0 Å². The number of unbranched alkanes of at least 4 members (excludes halogenated alkanes) is 1. The van der Waals surface area contributed by atoms with Crippen LogP contribution in [0.5, 0.6) is 0 Å². The van der Waals surface area contributed by atoms with E-state index in [0.717, 1.165) is 13.1 Å². The molecule has 88 valence electrons. The molecule has 0 aromatic carbocycles. The van der Waals surface area contributed by atoms with Gasteiger partial charge in [-0.2, -0.15) is 0 Å². The van der Waals surface area contributed by atoms with Gasteiger partial charge in [0.25, 0.3) is 0 Å². The van der Waals surface area contributed by atoms with Gasteiger partial charge in [-0.3, -0.25) is 0 Å². The zero-order valence-corrected chi connectivity index (χ0v) is 10.9. The molecule has 0 radical (unpaired) electrons.